The van der Waals surface area contributed by atoms with Crippen molar-refractivity contribution in [3.63, 3.8) is 0 Å². The van der Waals surface area contributed by atoms with Gasteiger partial charge in [-0.2, -0.15) is 8.42 Å². The van der Waals surface area contributed by atoms with Crippen LogP contribution in [0.5, 0.6) is 0 Å². The molecule has 2 rings (SSSR count). The Balaban J connectivity index is 2.13. The third kappa shape index (κ3) is 3.33. The van der Waals surface area contributed by atoms with E-state index >= 15 is 0 Å². The maximum absolute atomic E-state index is 12.1. The Kier molecular flexibility index (Phi) is 4.45. The van der Waals surface area contributed by atoms with Crippen molar-refractivity contribution >= 4 is 26.0 Å². The largest absolute Gasteiger partial charge is 0.297 e. The SMILES string of the molecule is Cc1ccc(S(=O)(=O)O[C@@H]2CCCC[C@H]2Br)cc1. The lowest BCUT2D eigenvalue weighted by atomic mass is 9.98. The molecule has 1 fully saturated rings. The van der Waals surface area contributed by atoms with E-state index in [-0.39, 0.29) is 15.8 Å². The lowest BCUT2D eigenvalue weighted by Gasteiger charge is -2.26. The number of rotatable bonds is 3. The molecule has 2 atom stereocenters. The highest BCUT2D eigenvalue weighted by Crippen LogP contribution is 2.29. The molecule has 1 aliphatic carbocycles. The first kappa shape index (κ1) is 14.0. The number of benzene rings is 1. The Morgan fingerprint density at radius 1 is 1.17 bits per heavy atom. The van der Waals surface area contributed by atoms with Gasteiger partial charge in [0.1, 0.15) is 0 Å². The Hall–Kier alpha value is -0.390. The van der Waals surface area contributed by atoms with Gasteiger partial charge in [-0.15, -0.1) is 0 Å². The maximum atomic E-state index is 12.1. The van der Waals surface area contributed by atoms with E-state index in [0.29, 0.717) is 0 Å². The fraction of sp³-hybridized carbons (Fsp3) is 0.538. The van der Waals surface area contributed by atoms with Crippen LogP contribution in [0, 0.1) is 6.92 Å². The highest BCUT2D eigenvalue weighted by Gasteiger charge is 2.29. The van der Waals surface area contributed by atoms with Crippen molar-refractivity contribution in [3.05, 3.63) is 29.8 Å². The Morgan fingerprint density at radius 3 is 2.39 bits per heavy atom. The molecule has 1 aromatic carbocycles. The Labute approximate surface area is 117 Å². The number of hydrogen-bond donors (Lipinski definition) is 0. The van der Waals surface area contributed by atoms with Crippen molar-refractivity contribution < 1.29 is 12.6 Å². The van der Waals surface area contributed by atoms with Crippen LogP contribution in [-0.2, 0) is 14.3 Å². The molecule has 0 spiro atoms. The molecule has 0 radical (unpaired) electrons. The normalized spacial score (nSPS) is 25.0. The summed E-state index contributed by atoms with van der Waals surface area (Å²) in [6.07, 6.45) is 3.66. The van der Waals surface area contributed by atoms with E-state index in [0.717, 1.165) is 31.2 Å². The molecular formula is C13H17BrO3S. The van der Waals surface area contributed by atoms with Crippen LogP contribution in [0.25, 0.3) is 0 Å². The summed E-state index contributed by atoms with van der Waals surface area (Å²) in [7, 11) is -3.64. The van der Waals surface area contributed by atoms with Gasteiger partial charge in [0.15, 0.2) is 0 Å². The zero-order chi connectivity index (χ0) is 13.2. The molecule has 0 unspecified atom stereocenters. The molecule has 0 saturated heterocycles. The van der Waals surface area contributed by atoms with Gasteiger partial charge in [-0.25, -0.2) is 0 Å². The zero-order valence-corrected chi connectivity index (χ0v) is 12.7. The molecule has 1 aliphatic rings. The zero-order valence-electron chi connectivity index (χ0n) is 10.3. The second-order valence-corrected chi connectivity index (χ2v) is 7.45. The van der Waals surface area contributed by atoms with E-state index < -0.39 is 10.1 Å². The van der Waals surface area contributed by atoms with Gasteiger partial charge < -0.3 is 0 Å². The minimum atomic E-state index is -3.64. The standard InChI is InChI=1S/C13H17BrO3S/c1-10-6-8-11(9-7-10)18(15,16)17-13-5-3-2-4-12(13)14/h6-9,12-13H,2-5H2,1H3/t12-,13-/m1/s1. The van der Waals surface area contributed by atoms with Crippen molar-refractivity contribution in [2.75, 3.05) is 0 Å². The molecule has 1 aromatic rings. The van der Waals surface area contributed by atoms with Gasteiger partial charge >= 0.3 is 0 Å². The van der Waals surface area contributed by atoms with Gasteiger partial charge in [-0.05, 0) is 31.9 Å². The lowest BCUT2D eigenvalue weighted by Crippen LogP contribution is -2.30. The lowest BCUT2D eigenvalue weighted by molar-refractivity contribution is 0.171. The number of hydrogen-bond acceptors (Lipinski definition) is 3. The third-order valence-corrected chi connectivity index (χ3v) is 5.58. The summed E-state index contributed by atoms with van der Waals surface area (Å²) in [5, 5.41) is 0. The Morgan fingerprint density at radius 2 is 1.78 bits per heavy atom. The molecule has 5 heteroatoms. The van der Waals surface area contributed by atoms with Gasteiger partial charge in [0.25, 0.3) is 10.1 Å². The molecule has 3 nitrogen and oxygen atoms in total. The van der Waals surface area contributed by atoms with Crippen LogP contribution >= 0.6 is 15.9 Å². The van der Waals surface area contributed by atoms with E-state index in [1.165, 1.54) is 0 Å². The van der Waals surface area contributed by atoms with Crippen molar-refractivity contribution in [1.82, 2.24) is 0 Å². The van der Waals surface area contributed by atoms with Crippen molar-refractivity contribution in [1.29, 1.82) is 0 Å². The van der Waals surface area contributed by atoms with E-state index in [2.05, 4.69) is 15.9 Å². The first-order valence-electron chi connectivity index (χ1n) is 6.13. The molecule has 0 N–H and O–H groups in total. The Bertz CT molecular complexity index is 495. The summed E-state index contributed by atoms with van der Waals surface area (Å²) in [6, 6.07) is 6.75. The predicted octanol–water partition coefficient (Wildman–Crippen LogP) is 3.41. The summed E-state index contributed by atoms with van der Waals surface area (Å²) in [5.74, 6) is 0. The number of halogens is 1. The van der Waals surface area contributed by atoms with Crippen LogP contribution in [0.1, 0.15) is 31.2 Å². The summed E-state index contributed by atoms with van der Waals surface area (Å²) in [6.45, 7) is 1.92. The van der Waals surface area contributed by atoms with Crippen LogP contribution in [-0.4, -0.2) is 19.3 Å². The monoisotopic (exact) mass is 332 g/mol. The van der Waals surface area contributed by atoms with Crippen LogP contribution < -0.4 is 0 Å². The summed E-state index contributed by atoms with van der Waals surface area (Å²) < 4.78 is 29.6. The fourth-order valence-electron chi connectivity index (χ4n) is 2.08. The molecule has 0 bridgehead atoms. The molecule has 100 valence electrons. The van der Waals surface area contributed by atoms with Gasteiger partial charge in [-0.3, -0.25) is 4.18 Å². The van der Waals surface area contributed by atoms with Crippen LogP contribution in [0.15, 0.2) is 29.2 Å². The van der Waals surface area contributed by atoms with E-state index in [1.807, 2.05) is 6.92 Å². The van der Waals surface area contributed by atoms with Gasteiger partial charge in [0.05, 0.1) is 11.0 Å². The summed E-state index contributed by atoms with van der Waals surface area (Å²) in [5.41, 5.74) is 1.03. The highest BCUT2D eigenvalue weighted by atomic mass is 79.9. The third-order valence-electron chi connectivity index (χ3n) is 3.18. The number of alkyl halides is 1. The molecule has 0 amide bonds. The minimum Gasteiger partial charge on any atom is -0.262 e. The van der Waals surface area contributed by atoms with Crippen molar-refractivity contribution in [2.24, 2.45) is 0 Å². The quantitative estimate of drug-likeness (QED) is 0.629. The average molecular weight is 333 g/mol. The van der Waals surface area contributed by atoms with Gasteiger partial charge in [0.2, 0.25) is 0 Å². The molecular weight excluding hydrogens is 316 g/mol. The van der Waals surface area contributed by atoms with Crippen LogP contribution in [0.3, 0.4) is 0 Å². The molecule has 0 aliphatic heterocycles. The van der Waals surface area contributed by atoms with Gasteiger partial charge in [0, 0.05) is 4.83 Å². The van der Waals surface area contributed by atoms with E-state index in [9.17, 15) is 8.42 Å². The molecule has 1 saturated carbocycles. The minimum absolute atomic E-state index is 0.131. The number of aryl methyl sites for hydroxylation is 1. The van der Waals surface area contributed by atoms with Crippen LogP contribution in [0.4, 0.5) is 0 Å². The maximum Gasteiger partial charge on any atom is 0.297 e. The second-order valence-electron chi connectivity index (χ2n) is 4.70. The molecule has 18 heavy (non-hydrogen) atoms. The fourth-order valence-corrected chi connectivity index (χ4v) is 4.06. The van der Waals surface area contributed by atoms with Gasteiger partial charge in [-0.1, -0.05) is 46.5 Å². The summed E-state index contributed by atoms with van der Waals surface area (Å²) >= 11 is 3.50. The second kappa shape index (κ2) is 5.72. The van der Waals surface area contributed by atoms with Crippen molar-refractivity contribution in [3.8, 4) is 0 Å². The highest BCUT2D eigenvalue weighted by molar-refractivity contribution is 9.09. The van der Waals surface area contributed by atoms with E-state index in [1.54, 1.807) is 24.3 Å². The molecule has 0 heterocycles. The topological polar surface area (TPSA) is 43.4 Å². The summed E-state index contributed by atoms with van der Waals surface area (Å²) in [4.78, 5) is 0.366. The first-order chi connectivity index (χ1) is 8.49. The molecule has 0 aromatic heterocycles. The van der Waals surface area contributed by atoms with E-state index in [4.69, 9.17) is 4.18 Å². The smallest absolute Gasteiger partial charge is 0.262 e. The van der Waals surface area contributed by atoms with Crippen LogP contribution in [0.2, 0.25) is 0 Å². The average Bonchev–Trinajstić information content (AvgIpc) is 2.32. The van der Waals surface area contributed by atoms with Crippen molar-refractivity contribution in [2.45, 2.75) is 48.4 Å². The predicted molar refractivity (Wildman–Crippen MR) is 74.4 cm³/mol. The first-order valence-corrected chi connectivity index (χ1v) is 8.45.